The molecule has 0 bridgehead atoms. The summed E-state index contributed by atoms with van der Waals surface area (Å²) in [5, 5.41) is 29.2. The van der Waals surface area contributed by atoms with Crippen molar-refractivity contribution in [3.8, 4) is 23.0 Å². The predicted molar refractivity (Wildman–Crippen MR) is 88.9 cm³/mol. The average Bonchev–Trinajstić information content (AvgIpc) is 2.51. The highest BCUT2D eigenvalue weighted by Crippen LogP contribution is 2.35. The van der Waals surface area contributed by atoms with Crippen LogP contribution in [0.25, 0.3) is 0 Å². The monoisotopic (exact) mass is 346 g/mol. The standard InChI is InChI=1S/C18H18O7/c1-8-5-11(24-4)7-12(19)14(8)18(23)25-13-6-9(2)15(17(21)22)16(20)10(13)3/h5-7,19-20H,1-4H3,(H,21,22). The van der Waals surface area contributed by atoms with Crippen LogP contribution in [0.2, 0.25) is 0 Å². The second-order valence-corrected chi connectivity index (χ2v) is 5.57. The predicted octanol–water partition coefficient (Wildman–Crippen LogP) is 2.95. The van der Waals surface area contributed by atoms with Gasteiger partial charge in [0.2, 0.25) is 0 Å². The molecule has 0 unspecified atom stereocenters. The molecule has 3 N–H and O–H groups in total. The summed E-state index contributed by atoms with van der Waals surface area (Å²) < 4.78 is 10.3. The Morgan fingerprint density at radius 3 is 2.08 bits per heavy atom. The van der Waals surface area contributed by atoms with Crippen LogP contribution in [0.4, 0.5) is 0 Å². The molecule has 2 rings (SSSR count). The summed E-state index contributed by atoms with van der Waals surface area (Å²) in [6.07, 6.45) is 0. The fourth-order valence-electron chi connectivity index (χ4n) is 2.51. The minimum Gasteiger partial charge on any atom is -0.507 e. The third-order valence-corrected chi connectivity index (χ3v) is 3.85. The normalized spacial score (nSPS) is 10.4. The Morgan fingerprint density at radius 2 is 1.56 bits per heavy atom. The summed E-state index contributed by atoms with van der Waals surface area (Å²) in [6, 6.07) is 4.21. The zero-order chi connectivity index (χ0) is 18.9. The van der Waals surface area contributed by atoms with E-state index in [9.17, 15) is 19.8 Å². The molecule has 0 aliphatic carbocycles. The first-order chi connectivity index (χ1) is 11.7. The molecule has 0 amide bonds. The van der Waals surface area contributed by atoms with Gasteiger partial charge in [0.25, 0.3) is 0 Å². The molecule has 0 aliphatic rings. The number of benzene rings is 2. The number of carbonyl (C=O) groups is 2. The van der Waals surface area contributed by atoms with E-state index in [2.05, 4.69) is 0 Å². The van der Waals surface area contributed by atoms with E-state index < -0.39 is 17.7 Å². The number of esters is 1. The van der Waals surface area contributed by atoms with E-state index in [1.165, 1.54) is 33.1 Å². The van der Waals surface area contributed by atoms with Crippen LogP contribution in [0.5, 0.6) is 23.0 Å². The number of rotatable bonds is 4. The van der Waals surface area contributed by atoms with E-state index in [1.807, 2.05) is 0 Å². The zero-order valence-corrected chi connectivity index (χ0v) is 14.2. The van der Waals surface area contributed by atoms with Crippen molar-refractivity contribution in [2.45, 2.75) is 20.8 Å². The largest absolute Gasteiger partial charge is 0.507 e. The van der Waals surface area contributed by atoms with Gasteiger partial charge < -0.3 is 24.8 Å². The highest BCUT2D eigenvalue weighted by Gasteiger charge is 2.23. The number of carbonyl (C=O) groups excluding carboxylic acids is 1. The maximum absolute atomic E-state index is 12.4. The molecule has 7 nitrogen and oxygen atoms in total. The molecule has 0 spiro atoms. The number of hydrogen-bond acceptors (Lipinski definition) is 6. The van der Waals surface area contributed by atoms with Crippen LogP contribution in [0.15, 0.2) is 18.2 Å². The molecule has 2 aromatic rings. The van der Waals surface area contributed by atoms with Gasteiger partial charge in [-0.1, -0.05) is 0 Å². The van der Waals surface area contributed by atoms with Crippen molar-refractivity contribution in [1.82, 2.24) is 0 Å². The third kappa shape index (κ3) is 3.35. The van der Waals surface area contributed by atoms with Crippen LogP contribution in [0.1, 0.15) is 37.4 Å². The summed E-state index contributed by atoms with van der Waals surface area (Å²) in [5.74, 6) is -2.47. The number of ether oxygens (including phenoxy) is 2. The van der Waals surface area contributed by atoms with Crippen molar-refractivity contribution in [2.75, 3.05) is 7.11 Å². The van der Waals surface area contributed by atoms with Crippen LogP contribution in [-0.2, 0) is 0 Å². The van der Waals surface area contributed by atoms with Crippen molar-refractivity contribution < 1.29 is 34.4 Å². The molecule has 0 atom stereocenters. The molecule has 0 aromatic heterocycles. The molecule has 132 valence electrons. The Morgan fingerprint density at radius 1 is 0.960 bits per heavy atom. The van der Waals surface area contributed by atoms with Crippen molar-refractivity contribution in [1.29, 1.82) is 0 Å². The smallest absolute Gasteiger partial charge is 0.347 e. The number of carboxylic acid groups (broad SMARTS) is 1. The third-order valence-electron chi connectivity index (χ3n) is 3.85. The molecule has 0 heterocycles. The summed E-state index contributed by atoms with van der Waals surface area (Å²) in [7, 11) is 1.44. The topological polar surface area (TPSA) is 113 Å². The van der Waals surface area contributed by atoms with Gasteiger partial charge in [0, 0.05) is 11.6 Å². The van der Waals surface area contributed by atoms with Gasteiger partial charge >= 0.3 is 11.9 Å². The SMILES string of the molecule is COc1cc(C)c(C(=O)Oc2cc(C)c(C(=O)O)c(O)c2C)c(O)c1. The van der Waals surface area contributed by atoms with Crippen molar-refractivity contribution in [2.24, 2.45) is 0 Å². The number of methoxy groups -OCH3 is 1. The lowest BCUT2D eigenvalue weighted by atomic mass is 10.0. The van der Waals surface area contributed by atoms with E-state index in [0.29, 0.717) is 11.3 Å². The van der Waals surface area contributed by atoms with Crippen LogP contribution in [0.3, 0.4) is 0 Å². The number of aromatic carboxylic acids is 1. The van der Waals surface area contributed by atoms with Gasteiger partial charge in [-0.3, -0.25) is 0 Å². The van der Waals surface area contributed by atoms with Crippen molar-refractivity contribution >= 4 is 11.9 Å². The molecular weight excluding hydrogens is 328 g/mol. The first-order valence-electron chi connectivity index (χ1n) is 7.33. The van der Waals surface area contributed by atoms with Crippen LogP contribution >= 0.6 is 0 Å². The number of phenols is 2. The molecular formula is C18H18O7. The van der Waals surface area contributed by atoms with E-state index >= 15 is 0 Å². The first-order valence-corrected chi connectivity index (χ1v) is 7.33. The Labute approximate surface area is 144 Å². The van der Waals surface area contributed by atoms with Gasteiger partial charge in [0.15, 0.2) is 0 Å². The second-order valence-electron chi connectivity index (χ2n) is 5.57. The lowest BCUT2D eigenvalue weighted by Gasteiger charge is -2.14. The van der Waals surface area contributed by atoms with Gasteiger partial charge in [-0.15, -0.1) is 0 Å². The molecule has 0 saturated heterocycles. The molecule has 7 heteroatoms. The summed E-state index contributed by atoms with van der Waals surface area (Å²) in [4.78, 5) is 23.6. The summed E-state index contributed by atoms with van der Waals surface area (Å²) in [5.41, 5.74) is 0.513. The lowest BCUT2D eigenvalue weighted by molar-refractivity contribution is 0.0692. The van der Waals surface area contributed by atoms with E-state index in [4.69, 9.17) is 14.6 Å². The Bertz CT molecular complexity index is 845. The zero-order valence-electron chi connectivity index (χ0n) is 14.2. The van der Waals surface area contributed by atoms with Gasteiger partial charge in [-0.05, 0) is 44.0 Å². The Hall–Kier alpha value is -3.22. The quantitative estimate of drug-likeness (QED) is 0.576. The molecule has 0 saturated carbocycles. The van der Waals surface area contributed by atoms with Crippen LogP contribution in [0, 0.1) is 20.8 Å². The van der Waals surface area contributed by atoms with Crippen molar-refractivity contribution in [3.63, 3.8) is 0 Å². The molecule has 0 aliphatic heterocycles. The minimum atomic E-state index is -1.28. The van der Waals surface area contributed by atoms with E-state index in [0.717, 1.165) is 0 Å². The molecule has 0 radical (unpaired) electrons. The maximum Gasteiger partial charge on any atom is 0.347 e. The first kappa shape index (κ1) is 18.1. The van der Waals surface area contributed by atoms with Crippen LogP contribution < -0.4 is 9.47 Å². The van der Waals surface area contributed by atoms with Gasteiger partial charge in [-0.25, -0.2) is 9.59 Å². The Balaban J connectivity index is 2.44. The molecule has 0 fully saturated rings. The van der Waals surface area contributed by atoms with Gasteiger partial charge in [0.05, 0.1) is 7.11 Å². The van der Waals surface area contributed by atoms with E-state index in [-0.39, 0.29) is 33.8 Å². The number of phenolic OH excluding ortho intramolecular Hbond substituents is 1. The second kappa shape index (κ2) is 6.72. The van der Waals surface area contributed by atoms with Gasteiger partial charge in [0.1, 0.15) is 34.1 Å². The summed E-state index contributed by atoms with van der Waals surface area (Å²) in [6.45, 7) is 4.53. The number of aromatic hydroxyl groups is 2. The Kier molecular flexibility index (Phi) is 4.87. The number of carboxylic acids is 1. The van der Waals surface area contributed by atoms with E-state index in [1.54, 1.807) is 13.0 Å². The maximum atomic E-state index is 12.4. The fraction of sp³-hybridized carbons (Fsp3) is 0.222. The highest BCUT2D eigenvalue weighted by molar-refractivity contribution is 5.97. The number of aryl methyl sites for hydroxylation is 2. The lowest BCUT2D eigenvalue weighted by Crippen LogP contribution is -2.12. The van der Waals surface area contributed by atoms with Crippen molar-refractivity contribution in [3.05, 3.63) is 46.0 Å². The minimum absolute atomic E-state index is 0.0135. The molecule has 25 heavy (non-hydrogen) atoms. The fourth-order valence-corrected chi connectivity index (χ4v) is 2.51. The highest BCUT2D eigenvalue weighted by atomic mass is 16.5. The average molecular weight is 346 g/mol. The summed E-state index contributed by atoms with van der Waals surface area (Å²) >= 11 is 0. The molecule has 2 aromatic carbocycles. The van der Waals surface area contributed by atoms with Gasteiger partial charge in [-0.2, -0.15) is 0 Å². The van der Waals surface area contributed by atoms with Crippen LogP contribution in [-0.4, -0.2) is 34.4 Å². The number of hydrogen-bond donors (Lipinski definition) is 3.